The zero-order valence-electron chi connectivity index (χ0n) is 8.46. The second-order valence-electron chi connectivity index (χ2n) is 3.46. The summed E-state index contributed by atoms with van der Waals surface area (Å²) >= 11 is 0. The van der Waals surface area contributed by atoms with Gasteiger partial charge in [0.25, 0.3) is 0 Å². The Morgan fingerprint density at radius 1 is 1.38 bits per heavy atom. The van der Waals surface area contributed by atoms with Crippen molar-refractivity contribution in [1.82, 2.24) is 4.98 Å². The summed E-state index contributed by atoms with van der Waals surface area (Å²) in [6, 6.07) is 1.87. The molecular weight excluding hydrogens is 160 g/mol. The number of pyridine rings is 1. The third-order valence-corrected chi connectivity index (χ3v) is 2.60. The molecule has 0 bridgehead atoms. The van der Waals surface area contributed by atoms with Gasteiger partial charge in [0.2, 0.25) is 0 Å². The van der Waals surface area contributed by atoms with Crippen molar-refractivity contribution in [3.05, 3.63) is 24.0 Å². The first kappa shape index (κ1) is 10.0. The van der Waals surface area contributed by atoms with Crippen molar-refractivity contribution < 1.29 is 0 Å². The van der Waals surface area contributed by atoms with E-state index in [2.05, 4.69) is 18.8 Å². The van der Waals surface area contributed by atoms with Gasteiger partial charge in [0.15, 0.2) is 0 Å². The van der Waals surface area contributed by atoms with Crippen LogP contribution in [0.1, 0.15) is 32.3 Å². The molecule has 0 aliphatic rings. The second kappa shape index (κ2) is 4.85. The maximum Gasteiger partial charge on any atom is 0.0377 e. The lowest BCUT2D eigenvalue weighted by atomic mass is 9.95. The lowest BCUT2D eigenvalue weighted by Crippen LogP contribution is -2.04. The number of nitrogens with zero attached hydrogens (tertiary/aromatic N) is 1. The maximum absolute atomic E-state index is 5.84. The van der Waals surface area contributed by atoms with Crippen LogP contribution < -0.4 is 5.73 Å². The second-order valence-corrected chi connectivity index (χ2v) is 3.46. The van der Waals surface area contributed by atoms with Crippen LogP contribution in [0.2, 0.25) is 0 Å². The van der Waals surface area contributed by atoms with Crippen LogP contribution in [0, 0.1) is 5.92 Å². The Hall–Kier alpha value is -1.05. The summed E-state index contributed by atoms with van der Waals surface area (Å²) in [6.07, 6.45) is 7.11. The lowest BCUT2D eigenvalue weighted by Gasteiger charge is -2.12. The van der Waals surface area contributed by atoms with E-state index in [0.717, 1.165) is 18.0 Å². The highest BCUT2D eigenvalue weighted by molar-refractivity contribution is 5.44. The summed E-state index contributed by atoms with van der Waals surface area (Å²) in [4.78, 5) is 4.09. The molecule has 0 saturated heterocycles. The van der Waals surface area contributed by atoms with Crippen LogP contribution >= 0.6 is 0 Å². The number of aromatic nitrogens is 1. The van der Waals surface area contributed by atoms with Crippen LogP contribution in [-0.2, 0) is 6.42 Å². The van der Waals surface area contributed by atoms with Gasteiger partial charge in [0, 0.05) is 18.1 Å². The summed E-state index contributed by atoms with van der Waals surface area (Å²) < 4.78 is 0. The lowest BCUT2D eigenvalue weighted by molar-refractivity contribution is 0.490. The van der Waals surface area contributed by atoms with Crippen LogP contribution in [0.15, 0.2) is 18.5 Å². The molecule has 13 heavy (non-hydrogen) atoms. The predicted molar refractivity (Wildman–Crippen MR) is 56.4 cm³/mol. The molecular formula is C11H18N2. The first-order valence-corrected chi connectivity index (χ1v) is 4.96. The van der Waals surface area contributed by atoms with Crippen molar-refractivity contribution in [3.8, 4) is 0 Å². The van der Waals surface area contributed by atoms with E-state index in [1.165, 1.54) is 18.4 Å². The van der Waals surface area contributed by atoms with E-state index < -0.39 is 0 Å². The van der Waals surface area contributed by atoms with Gasteiger partial charge in [0.05, 0.1) is 0 Å². The fourth-order valence-corrected chi connectivity index (χ4v) is 1.50. The smallest absolute Gasteiger partial charge is 0.0377 e. The van der Waals surface area contributed by atoms with Gasteiger partial charge in [-0.05, 0) is 24.0 Å². The number of rotatable bonds is 4. The number of nitrogen functional groups attached to an aromatic ring is 1. The van der Waals surface area contributed by atoms with Crippen molar-refractivity contribution >= 4 is 5.69 Å². The Labute approximate surface area is 80.2 Å². The Balaban J connectivity index is 2.67. The van der Waals surface area contributed by atoms with Crippen molar-refractivity contribution in [1.29, 1.82) is 0 Å². The molecule has 1 aromatic rings. The van der Waals surface area contributed by atoms with Gasteiger partial charge in [-0.2, -0.15) is 0 Å². The molecule has 0 atom stereocenters. The van der Waals surface area contributed by atoms with Gasteiger partial charge < -0.3 is 5.73 Å². The quantitative estimate of drug-likeness (QED) is 0.769. The van der Waals surface area contributed by atoms with Crippen LogP contribution in [0.4, 0.5) is 5.69 Å². The monoisotopic (exact) mass is 178 g/mol. The van der Waals surface area contributed by atoms with E-state index in [1.54, 1.807) is 6.20 Å². The van der Waals surface area contributed by atoms with Crippen molar-refractivity contribution in [2.75, 3.05) is 5.73 Å². The number of hydrogen-bond donors (Lipinski definition) is 1. The maximum atomic E-state index is 5.84. The molecule has 0 radical (unpaired) electrons. The van der Waals surface area contributed by atoms with Crippen LogP contribution in [-0.4, -0.2) is 4.98 Å². The zero-order chi connectivity index (χ0) is 9.68. The molecule has 1 heterocycles. The highest BCUT2D eigenvalue weighted by atomic mass is 14.7. The molecule has 72 valence electrons. The first-order chi connectivity index (χ1) is 6.27. The third-order valence-electron chi connectivity index (χ3n) is 2.60. The molecule has 0 saturated carbocycles. The van der Waals surface area contributed by atoms with Gasteiger partial charge in [-0.3, -0.25) is 4.98 Å². The topological polar surface area (TPSA) is 38.9 Å². The molecule has 0 aliphatic heterocycles. The highest BCUT2D eigenvalue weighted by Crippen LogP contribution is 2.18. The van der Waals surface area contributed by atoms with Gasteiger partial charge in [-0.1, -0.05) is 26.7 Å². The van der Waals surface area contributed by atoms with E-state index >= 15 is 0 Å². The van der Waals surface area contributed by atoms with Crippen molar-refractivity contribution in [3.63, 3.8) is 0 Å². The number of hydrogen-bond acceptors (Lipinski definition) is 2. The van der Waals surface area contributed by atoms with Gasteiger partial charge in [-0.25, -0.2) is 0 Å². The van der Waals surface area contributed by atoms with E-state index in [9.17, 15) is 0 Å². The minimum absolute atomic E-state index is 0.742. The van der Waals surface area contributed by atoms with E-state index in [-0.39, 0.29) is 0 Å². The van der Waals surface area contributed by atoms with Gasteiger partial charge in [-0.15, -0.1) is 0 Å². The third kappa shape index (κ3) is 2.72. The minimum atomic E-state index is 0.742. The molecule has 0 spiro atoms. The average molecular weight is 178 g/mol. The summed E-state index contributed by atoms with van der Waals surface area (Å²) in [5.74, 6) is 0.742. The summed E-state index contributed by atoms with van der Waals surface area (Å²) in [7, 11) is 0. The largest absolute Gasteiger partial charge is 0.398 e. The standard InChI is InChI=1S/C11H18N2/c1-3-9(4-2)7-10-8-13-6-5-11(10)12/h5-6,8-9H,3-4,7H2,1-2H3,(H2,12,13). The van der Waals surface area contributed by atoms with Crippen molar-refractivity contribution in [2.45, 2.75) is 33.1 Å². The summed E-state index contributed by atoms with van der Waals surface area (Å²) in [5, 5.41) is 0. The van der Waals surface area contributed by atoms with E-state index in [1.807, 2.05) is 12.3 Å². The Bertz CT molecular complexity index is 254. The van der Waals surface area contributed by atoms with Gasteiger partial charge >= 0.3 is 0 Å². The Morgan fingerprint density at radius 2 is 2.08 bits per heavy atom. The molecule has 2 N–H and O–H groups in total. The van der Waals surface area contributed by atoms with Crippen LogP contribution in [0.3, 0.4) is 0 Å². The van der Waals surface area contributed by atoms with Crippen molar-refractivity contribution in [2.24, 2.45) is 5.92 Å². The summed E-state index contributed by atoms with van der Waals surface area (Å²) in [5.41, 5.74) is 7.91. The van der Waals surface area contributed by atoms with Gasteiger partial charge in [0.1, 0.15) is 0 Å². The molecule has 0 unspecified atom stereocenters. The molecule has 2 nitrogen and oxygen atoms in total. The molecule has 1 rings (SSSR count). The normalized spacial score (nSPS) is 10.7. The highest BCUT2D eigenvalue weighted by Gasteiger charge is 2.06. The molecule has 0 aromatic carbocycles. The van der Waals surface area contributed by atoms with Crippen LogP contribution in [0.25, 0.3) is 0 Å². The average Bonchev–Trinajstić information content (AvgIpc) is 2.17. The fraction of sp³-hybridized carbons (Fsp3) is 0.545. The van der Waals surface area contributed by atoms with E-state index in [4.69, 9.17) is 5.73 Å². The fourth-order valence-electron chi connectivity index (χ4n) is 1.50. The predicted octanol–water partition coefficient (Wildman–Crippen LogP) is 2.64. The first-order valence-electron chi connectivity index (χ1n) is 4.96. The minimum Gasteiger partial charge on any atom is -0.398 e. The number of nitrogens with two attached hydrogens (primary N) is 1. The molecule has 0 fully saturated rings. The molecule has 1 aromatic heterocycles. The number of anilines is 1. The van der Waals surface area contributed by atoms with Crippen LogP contribution in [0.5, 0.6) is 0 Å². The molecule has 0 amide bonds. The Kier molecular flexibility index (Phi) is 3.74. The Morgan fingerprint density at radius 3 is 2.62 bits per heavy atom. The summed E-state index contributed by atoms with van der Waals surface area (Å²) in [6.45, 7) is 4.45. The van der Waals surface area contributed by atoms with E-state index in [0.29, 0.717) is 0 Å². The zero-order valence-corrected chi connectivity index (χ0v) is 8.46. The molecule has 2 heteroatoms. The SMILES string of the molecule is CCC(CC)Cc1cnccc1N. The molecule has 0 aliphatic carbocycles.